The molecule has 0 spiro atoms. The second-order valence-corrected chi connectivity index (χ2v) is 6.39. The summed E-state index contributed by atoms with van der Waals surface area (Å²) in [7, 11) is 0. The van der Waals surface area contributed by atoms with Gasteiger partial charge in [-0.25, -0.2) is 0 Å². The number of H-pyrrole nitrogens is 1. The van der Waals surface area contributed by atoms with Crippen LogP contribution in [0, 0.1) is 11.7 Å². The van der Waals surface area contributed by atoms with Gasteiger partial charge in [-0.3, -0.25) is 19.1 Å². The van der Waals surface area contributed by atoms with Crippen molar-refractivity contribution in [2.24, 2.45) is 0 Å². The molecule has 2 heterocycles. The molecule has 3 aromatic rings. The highest BCUT2D eigenvalue weighted by Gasteiger charge is 2.14. The van der Waals surface area contributed by atoms with E-state index in [4.69, 9.17) is 12.2 Å². The number of aromatic amines is 1. The molecule has 0 saturated heterocycles. The van der Waals surface area contributed by atoms with Crippen LogP contribution in [-0.4, -0.2) is 36.5 Å². The smallest absolute Gasteiger partial charge is 0.240 e. The van der Waals surface area contributed by atoms with Crippen LogP contribution in [0.5, 0.6) is 0 Å². The van der Waals surface area contributed by atoms with Crippen molar-refractivity contribution >= 4 is 18.1 Å². The lowest BCUT2D eigenvalue weighted by atomic mass is 10.1. The Morgan fingerprint density at radius 3 is 2.80 bits per heavy atom. The molecule has 0 saturated carbocycles. The second-order valence-electron chi connectivity index (χ2n) is 6.00. The van der Waals surface area contributed by atoms with Crippen molar-refractivity contribution in [3.8, 4) is 11.4 Å². The Morgan fingerprint density at radius 2 is 2.12 bits per heavy atom. The molecule has 130 valence electrons. The number of carbonyl (C=O) groups is 1. The van der Waals surface area contributed by atoms with Crippen LogP contribution in [0.2, 0.25) is 0 Å². The zero-order valence-corrected chi connectivity index (χ0v) is 15.0. The number of carbonyl (C=O) groups excluding carboxylic acids is 1. The summed E-state index contributed by atoms with van der Waals surface area (Å²) in [6.07, 6.45) is 3.58. The van der Waals surface area contributed by atoms with E-state index in [9.17, 15) is 4.79 Å². The number of hydrogen-bond donors (Lipinski definition) is 2. The van der Waals surface area contributed by atoms with Crippen molar-refractivity contribution in [2.75, 3.05) is 0 Å². The molecule has 0 bridgehead atoms. The molecule has 0 fully saturated rings. The predicted octanol–water partition coefficient (Wildman–Crippen LogP) is 2.32. The monoisotopic (exact) mass is 356 g/mol. The Morgan fingerprint density at radius 1 is 1.36 bits per heavy atom. The standard InChI is InChI=1S/C17H20N6OS/c1-12-4-6-14(7-5-12)16-20-21-17(25)23(16)11-15(24)19-13(2)10-22-9-3-8-18-22/h3-9,13H,10-11H2,1-2H3,(H,19,24)(H,21,25)/t13-/m0/s1. The Balaban J connectivity index is 1.70. The summed E-state index contributed by atoms with van der Waals surface area (Å²) in [5.74, 6) is 0.533. The third-order valence-electron chi connectivity index (χ3n) is 3.80. The van der Waals surface area contributed by atoms with E-state index >= 15 is 0 Å². The first kappa shape index (κ1) is 17.1. The maximum absolute atomic E-state index is 12.4. The Kier molecular flexibility index (Phi) is 5.08. The molecule has 25 heavy (non-hydrogen) atoms. The predicted molar refractivity (Wildman–Crippen MR) is 97.4 cm³/mol. The molecule has 0 aliphatic heterocycles. The second kappa shape index (κ2) is 7.43. The first-order chi connectivity index (χ1) is 12.0. The van der Waals surface area contributed by atoms with E-state index in [2.05, 4.69) is 20.6 Å². The van der Waals surface area contributed by atoms with Gasteiger partial charge in [-0.1, -0.05) is 29.8 Å². The maximum Gasteiger partial charge on any atom is 0.240 e. The molecule has 0 unspecified atom stereocenters. The lowest BCUT2D eigenvalue weighted by Crippen LogP contribution is -2.38. The molecule has 8 heteroatoms. The van der Waals surface area contributed by atoms with Gasteiger partial charge >= 0.3 is 0 Å². The van der Waals surface area contributed by atoms with Crippen LogP contribution < -0.4 is 5.32 Å². The average molecular weight is 356 g/mol. The minimum atomic E-state index is -0.120. The SMILES string of the molecule is Cc1ccc(-c2n[nH]c(=S)n2CC(=O)N[C@@H](C)Cn2cccn2)cc1. The Bertz CT molecular complexity index is 894. The quantitative estimate of drug-likeness (QED) is 0.664. The van der Waals surface area contributed by atoms with Crippen molar-refractivity contribution in [2.45, 2.75) is 33.0 Å². The highest BCUT2D eigenvalue weighted by molar-refractivity contribution is 7.71. The van der Waals surface area contributed by atoms with Crippen LogP contribution >= 0.6 is 12.2 Å². The summed E-state index contributed by atoms with van der Waals surface area (Å²) in [4.78, 5) is 12.4. The molecule has 1 aromatic carbocycles. The maximum atomic E-state index is 12.4. The highest BCUT2D eigenvalue weighted by atomic mass is 32.1. The van der Waals surface area contributed by atoms with Crippen molar-refractivity contribution in [3.63, 3.8) is 0 Å². The van der Waals surface area contributed by atoms with Gasteiger partial charge in [-0.2, -0.15) is 10.2 Å². The minimum absolute atomic E-state index is 0.0451. The molecule has 1 amide bonds. The van der Waals surface area contributed by atoms with Gasteiger partial charge in [-0.15, -0.1) is 0 Å². The average Bonchev–Trinajstić information content (AvgIpc) is 3.19. The summed E-state index contributed by atoms with van der Waals surface area (Å²) in [6, 6.07) is 9.75. The summed E-state index contributed by atoms with van der Waals surface area (Å²) < 4.78 is 3.91. The lowest BCUT2D eigenvalue weighted by Gasteiger charge is -2.15. The molecule has 3 rings (SSSR count). The van der Waals surface area contributed by atoms with Gasteiger partial charge in [0.2, 0.25) is 5.91 Å². The molecular formula is C17H20N6OS. The fourth-order valence-electron chi connectivity index (χ4n) is 2.59. The number of benzene rings is 1. The third-order valence-corrected chi connectivity index (χ3v) is 4.11. The van der Waals surface area contributed by atoms with E-state index in [0.29, 0.717) is 17.1 Å². The number of amides is 1. The normalized spacial score (nSPS) is 12.1. The van der Waals surface area contributed by atoms with Crippen LogP contribution in [0.4, 0.5) is 0 Å². The van der Waals surface area contributed by atoms with Crippen molar-refractivity contribution < 1.29 is 4.79 Å². The van der Waals surface area contributed by atoms with E-state index in [1.54, 1.807) is 15.4 Å². The summed E-state index contributed by atoms with van der Waals surface area (Å²) in [6.45, 7) is 4.69. The van der Waals surface area contributed by atoms with E-state index < -0.39 is 0 Å². The number of rotatable bonds is 6. The van der Waals surface area contributed by atoms with Crippen LogP contribution in [0.25, 0.3) is 11.4 Å². The van der Waals surface area contributed by atoms with E-state index in [1.165, 1.54) is 0 Å². The molecule has 0 aliphatic rings. The first-order valence-electron chi connectivity index (χ1n) is 8.02. The summed E-state index contributed by atoms with van der Waals surface area (Å²) in [5.41, 5.74) is 2.07. The van der Waals surface area contributed by atoms with Gasteiger partial charge in [0, 0.05) is 24.0 Å². The zero-order chi connectivity index (χ0) is 17.8. The first-order valence-corrected chi connectivity index (χ1v) is 8.43. The number of nitrogens with one attached hydrogen (secondary N) is 2. The highest BCUT2D eigenvalue weighted by Crippen LogP contribution is 2.17. The fourth-order valence-corrected chi connectivity index (χ4v) is 2.78. The van der Waals surface area contributed by atoms with Gasteiger partial charge in [0.25, 0.3) is 0 Å². The van der Waals surface area contributed by atoms with E-state index in [0.717, 1.165) is 11.1 Å². The number of aromatic nitrogens is 5. The van der Waals surface area contributed by atoms with Crippen LogP contribution in [0.15, 0.2) is 42.7 Å². The van der Waals surface area contributed by atoms with Crippen LogP contribution in [0.1, 0.15) is 12.5 Å². The lowest BCUT2D eigenvalue weighted by molar-refractivity contribution is -0.122. The molecule has 0 radical (unpaired) electrons. The Hall–Kier alpha value is -2.74. The van der Waals surface area contributed by atoms with E-state index in [1.807, 2.05) is 50.4 Å². The zero-order valence-electron chi connectivity index (χ0n) is 14.1. The van der Waals surface area contributed by atoms with Crippen LogP contribution in [0.3, 0.4) is 0 Å². The number of hydrogen-bond acceptors (Lipinski definition) is 4. The van der Waals surface area contributed by atoms with Crippen molar-refractivity contribution in [1.82, 2.24) is 29.9 Å². The fraction of sp³-hybridized carbons (Fsp3) is 0.294. The molecule has 2 N–H and O–H groups in total. The third kappa shape index (κ3) is 4.21. The van der Waals surface area contributed by atoms with Crippen LogP contribution in [-0.2, 0) is 17.9 Å². The number of aryl methyl sites for hydroxylation is 1. The molecule has 7 nitrogen and oxygen atoms in total. The minimum Gasteiger partial charge on any atom is -0.350 e. The molecule has 1 atom stereocenters. The molecule has 2 aromatic heterocycles. The summed E-state index contributed by atoms with van der Waals surface area (Å²) in [5, 5.41) is 14.1. The van der Waals surface area contributed by atoms with Gasteiger partial charge in [0.15, 0.2) is 10.6 Å². The largest absolute Gasteiger partial charge is 0.350 e. The Labute approximate surface area is 150 Å². The molecule has 0 aliphatic carbocycles. The molecular weight excluding hydrogens is 336 g/mol. The van der Waals surface area contributed by atoms with E-state index in [-0.39, 0.29) is 18.5 Å². The van der Waals surface area contributed by atoms with Gasteiger partial charge in [0.05, 0.1) is 6.54 Å². The summed E-state index contributed by atoms with van der Waals surface area (Å²) >= 11 is 5.27. The topological polar surface area (TPSA) is 80.5 Å². The number of nitrogens with zero attached hydrogens (tertiary/aromatic N) is 4. The van der Waals surface area contributed by atoms with Gasteiger partial charge in [0.1, 0.15) is 6.54 Å². The van der Waals surface area contributed by atoms with Gasteiger partial charge < -0.3 is 5.32 Å². The van der Waals surface area contributed by atoms with Gasteiger partial charge in [-0.05, 0) is 32.1 Å². The van der Waals surface area contributed by atoms with Crippen molar-refractivity contribution in [1.29, 1.82) is 0 Å². The van der Waals surface area contributed by atoms with Crippen molar-refractivity contribution in [3.05, 3.63) is 53.1 Å².